The minimum Gasteiger partial charge on any atom is -0.369 e. The van der Waals surface area contributed by atoms with E-state index >= 15 is 0 Å². The van der Waals surface area contributed by atoms with Gasteiger partial charge < -0.3 is 5.32 Å². The zero-order valence-electron chi connectivity index (χ0n) is 9.64. The summed E-state index contributed by atoms with van der Waals surface area (Å²) in [6.07, 6.45) is 1.82. The molecule has 17 heavy (non-hydrogen) atoms. The van der Waals surface area contributed by atoms with Crippen molar-refractivity contribution in [1.82, 2.24) is 15.0 Å². The van der Waals surface area contributed by atoms with Gasteiger partial charge in [-0.1, -0.05) is 6.92 Å². The minimum atomic E-state index is 0.273. The highest BCUT2D eigenvalue weighted by atomic mass is 35.5. The molecule has 2 aromatic rings. The van der Waals surface area contributed by atoms with Gasteiger partial charge in [0.25, 0.3) is 0 Å². The van der Waals surface area contributed by atoms with Crippen LogP contribution >= 0.6 is 22.9 Å². The van der Waals surface area contributed by atoms with Crippen LogP contribution in [0.2, 0.25) is 5.28 Å². The molecule has 0 aliphatic rings. The zero-order chi connectivity index (χ0) is 12.3. The molecule has 2 aromatic heterocycles. The van der Waals surface area contributed by atoms with Crippen molar-refractivity contribution in [2.75, 3.05) is 11.9 Å². The SMILES string of the molecule is Cc1cc(NCC(C)c2nccs2)nc(Cl)n1. The van der Waals surface area contributed by atoms with Crippen LogP contribution in [0.3, 0.4) is 0 Å². The van der Waals surface area contributed by atoms with Crippen LogP contribution in [0.1, 0.15) is 23.5 Å². The van der Waals surface area contributed by atoms with Crippen molar-refractivity contribution in [2.24, 2.45) is 0 Å². The molecule has 0 fully saturated rings. The first kappa shape index (κ1) is 12.3. The summed E-state index contributed by atoms with van der Waals surface area (Å²) in [5.74, 6) is 1.11. The van der Waals surface area contributed by atoms with E-state index in [0.29, 0.717) is 5.92 Å². The number of nitrogens with zero attached hydrogens (tertiary/aromatic N) is 3. The zero-order valence-corrected chi connectivity index (χ0v) is 11.2. The van der Waals surface area contributed by atoms with Crippen LogP contribution in [0.4, 0.5) is 5.82 Å². The van der Waals surface area contributed by atoms with E-state index in [0.717, 1.165) is 23.1 Å². The van der Waals surface area contributed by atoms with Crippen molar-refractivity contribution in [1.29, 1.82) is 0 Å². The van der Waals surface area contributed by atoms with E-state index in [1.54, 1.807) is 11.3 Å². The molecule has 2 rings (SSSR count). The second-order valence-corrected chi connectivity index (χ2v) is 5.08. The Balaban J connectivity index is 1.98. The van der Waals surface area contributed by atoms with E-state index in [2.05, 4.69) is 27.2 Å². The maximum absolute atomic E-state index is 5.79. The summed E-state index contributed by atoms with van der Waals surface area (Å²) in [4.78, 5) is 12.4. The molecule has 0 bridgehead atoms. The van der Waals surface area contributed by atoms with Crippen molar-refractivity contribution >= 4 is 28.8 Å². The van der Waals surface area contributed by atoms with Crippen LogP contribution in [0.25, 0.3) is 0 Å². The van der Waals surface area contributed by atoms with Crippen molar-refractivity contribution in [3.63, 3.8) is 0 Å². The number of anilines is 1. The highest BCUT2D eigenvalue weighted by Crippen LogP contribution is 2.18. The summed E-state index contributed by atoms with van der Waals surface area (Å²) in [5.41, 5.74) is 0.856. The Morgan fingerprint density at radius 2 is 2.29 bits per heavy atom. The van der Waals surface area contributed by atoms with E-state index in [4.69, 9.17) is 11.6 Å². The quantitative estimate of drug-likeness (QED) is 0.866. The van der Waals surface area contributed by atoms with Crippen LogP contribution in [-0.4, -0.2) is 21.5 Å². The average Bonchev–Trinajstić information content (AvgIpc) is 2.78. The van der Waals surface area contributed by atoms with Gasteiger partial charge >= 0.3 is 0 Å². The van der Waals surface area contributed by atoms with E-state index in [1.807, 2.05) is 24.6 Å². The first-order chi connectivity index (χ1) is 8.15. The molecule has 1 atom stereocenters. The third-order valence-electron chi connectivity index (χ3n) is 2.29. The lowest BCUT2D eigenvalue weighted by molar-refractivity contribution is 0.791. The molecule has 6 heteroatoms. The van der Waals surface area contributed by atoms with Gasteiger partial charge in [-0.15, -0.1) is 11.3 Å². The molecular weight excluding hydrogens is 256 g/mol. The minimum absolute atomic E-state index is 0.273. The van der Waals surface area contributed by atoms with E-state index in [9.17, 15) is 0 Å². The molecule has 1 unspecified atom stereocenters. The van der Waals surface area contributed by atoms with Crippen LogP contribution in [0.15, 0.2) is 17.6 Å². The normalized spacial score (nSPS) is 12.4. The molecule has 0 saturated carbocycles. The highest BCUT2D eigenvalue weighted by molar-refractivity contribution is 7.09. The number of aryl methyl sites for hydroxylation is 1. The Morgan fingerprint density at radius 1 is 1.47 bits per heavy atom. The molecule has 0 saturated heterocycles. The van der Waals surface area contributed by atoms with Gasteiger partial charge in [-0.05, 0) is 18.5 Å². The Bertz CT molecular complexity index is 466. The largest absolute Gasteiger partial charge is 0.369 e. The molecule has 0 aliphatic heterocycles. The lowest BCUT2D eigenvalue weighted by Gasteiger charge is -2.10. The van der Waals surface area contributed by atoms with Crippen molar-refractivity contribution in [3.8, 4) is 0 Å². The fourth-order valence-electron chi connectivity index (χ4n) is 1.45. The fourth-order valence-corrected chi connectivity index (χ4v) is 2.37. The first-order valence-corrected chi connectivity index (χ1v) is 6.55. The van der Waals surface area contributed by atoms with Crippen LogP contribution < -0.4 is 5.32 Å². The monoisotopic (exact) mass is 268 g/mol. The second kappa shape index (κ2) is 5.42. The van der Waals surface area contributed by atoms with Crippen molar-refractivity contribution in [3.05, 3.63) is 33.6 Å². The van der Waals surface area contributed by atoms with E-state index < -0.39 is 0 Å². The molecule has 4 nitrogen and oxygen atoms in total. The molecule has 0 radical (unpaired) electrons. The molecule has 0 amide bonds. The molecule has 0 aromatic carbocycles. The predicted molar refractivity (Wildman–Crippen MR) is 70.8 cm³/mol. The number of hydrogen-bond donors (Lipinski definition) is 1. The summed E-state index contributed by atoms with van der Waals surface area (Å²) in [7, 11) is 0. The van der Waals surface area contributed by atoms with Crippen LogP contribution in [-0.2, 0) is 0 Å². The molecule has 1 N–H and O–H groups in total. The van der Waals surface area contributed by atoms with Gasteiger partial charge in [0.1, 0.15) is 5.82 Å². The molecular formula is C11H13ClN4S. The van der Waals surface area contributed by atoms with Crippen LogP contribution in [0.5, 0.6) is 0 Å². The Labute approximate surface area is 109 Å². The number of halogens is 1. The van der Waals surface area contributed by atoms with E-state index in [1.165, 1.54) is 0 Å². The highest BCUT2D eigenvalue weighted by Gasteiger charge is 2.08. The smallest absolute Gasteiger partial charge is 0.224 e. The standard InChI is InChI=1S/C11H13ClN4S/c1-7(10-13-3-4-17-10)6-14-9-5-8(2)15-11(12)16-9/h3-5,7H,6H2,1-2H3,(H,14,15,16). The average molecular weight is 269 g/mol. The summed E-state index contributed by atoms with van der Waals surface area (Å²) < 4.78 is 0. The lowest BCUT2D eigenvalue weighted by atomic mass is 10.2. The van der Waals surface area contributed by atoms with Gasteiger partial charge in [0, 0.05) is 35.8 Å². The van der Waals surface area contributed by atoms with Gasteiger partial charge in [0.15, 0.2) is 0 Å². The predicted octanol–water partition coefficient (Wildman–Crippen LogP) is 3.11. The molecule has 0 aliphatic carbocycles. The number of hydrogen-bond acceptors (Lipinski definition) is 5. The number of aromatic nitrogens is 3. The van der Waals surface area contributed by atoms with Gasteiger partial charge in [0.05, 0.1) is 5.01 Å². The number of rotatable bonds is 4. The van der Waals surface area contributed by atoms with E-state index in [-0.39, 0.29) is 5.28 Å². The third kappa shape index (κ3) is 3.38. The summed E-state index contributed by atoms with van der Waals surface area (Å²) >= 11 is 7.46. The topological polar surface area (TPSA) is 50.7 Å². The lowest BCUT2D eigenvalue weighted by Crippen LogP contribution is -2.11. The maximum Gasteiger partial charge on any atom is 0.224 e. The second-order valence-electron chi connectivity index (χ2n) is 3.82. The Kier molecular flexibility index (Phi) is 3.91. The number of thiazole rings is 1. The maximum atomic E-state index is 5.79. The van der Waals surface area contributed by atoms with Gasteiger partial charge in [-0.2, -0.15) is 0 Å². The van der Waals surface area contributed by atoms with Gasteiger partial charge in [0.2, 0.25) is 5.28 Å². The van der Waals surface area contributed by atoms with Crippen molar-refractivity contribution in [2.45, 2.75) is 19.8 Å². The van der Waals surface area contributed by atoms with Gasteiger partial charge in [-0.25, -0.2) is 15.0 Å². The Morgan fingerprint density at radius 3 is 2.94 bits per heavy atom. The van der Waals surface area contributed by atoms with Gasteiger partial charge in [-0.3, -0.25) is 0 Å². The molecule has 0 spiro atoms. The third-order valence-corrected chi connectivity index (χ3v) is 3.47. The first-order valence-electron chi connectivity index (χ1n) is 5.29. The fraction of sp³-hybridized carbons (Fsp3) is 0.364. The summed E-state index contributed by atoms with van der Waals surface area (Å²) in [6, 6.07) is 1.88. The van der Waals surface area contributed by atoms with Crippen molar-refractivity contribution < 1.29 is 0 Å². The van der Waals surface area contributed by atoms with Crippen LogP contribution in [0, 0.1) is 6.92 Å². The molecule has 2 heterocycles. The summed E-state index contributed by atoms with van der Waals surface area (Å²) in [5, 5.41) is 6.62. The number of nitrogens with one attached hydrogen (secondary N) is 1. The Hall–Kier alpha value is -1.20. The molecule has 90 valence electrons. The summed E-state index contributed by atoms with van der Waals surface area (Å²) in [6.45, 7) is 4.80.